The minimum Gasteiger partial charge on any atom is -0.383 e. The summed E-state index contributed by atoms with van der Waals surface area (Å²) in [6, 6.07) is 13.2. The van der Waals surface area contributed by atoms with Crippen LogP contribution in [0.1, 0.15) is 12.0 Å². The van der Waals surface area contributed by atoms with Gasteiger partial charge in [0.05, 0.1) is 18.8 Å². The number of hydrogen-bond acceptors (Lipinski definition) is 5. The van der Waals surface area contributed by atoms with Gasteiger partial charge in [0.2, 0.25) is 11.8 Å². The molecule has 1 atom stereocenters. The van der Waals surface area contributed by atoms with Crippen LogP contribution in [0.3, 0.4) is 0 Å². The molecular formula is C21H22FN3O3S. The third-order valence-electron chi connectivity index (χ3n) is 4.37. The molecule has 0 radical (unpaired) electrons. The van der Waals surface area contributed by atoms with Gasteiger partial charge in [0.15, 0.2) is 5.17 Å². The minimum absolute atomic E-state index is 0.00283. The Kier molecular flexibility index (Phi) is 7.00. The first-order valence-corrected chi connectivity index (χ1v) is 10.0. The molecule has 29 heavy (non-hydrogen) atoms. The average Bonchev–Trinajstić information content (AvgIpc) is 2.98. The van der Waals surface area contributed by atoms with Gasteiger partial charge in [-0.2, -0.15) is 0 Å². The fraction of sp³-hybridized carbons (Fsp3) is 0.286. The van der Waals surface area contributed by atoms with Gasteiger partial charge in [-0.1, -0.05) is 30.0 Å². The molecule has 1 aliphatic heterocycles. The van der Waals surface area contributed by atoms with Crippen LogP contribution in [0, 0.1) is 12.7 Å². The third-order valence-corrected chi connectivity index (χ3v) is 5.54. The molecule has 6 nitrogen and oxygen atoms in total. The van der Waals surface area contributed by atoms with Crippen molar-refractivity contribution in [3.05, 3.63) is 59.9 Å². The molecule has 0 spiro atoms. The van der Waals surface area contributed by atoms with Gasteiger partial charge < -0.3 is 10.1 Å². The number of amidine groups is 1. The molecule has 0 unspecified atom stereocenters. The van der Waals surface area contributed by atoms with Crippen molar-refractivity contribution in [1.82, 2.24) is 4.90 Å². The van der Waals surface area contributed by atoms with Crippen LogP contribution in [0.25, 0.3) is 0 Å². The van der Waals surface area contributed by atoms with Gasteiger partial charge in [0, 0.05) is 19.2 Å². The first-order chi connectivity index (χ1) is 14.0. The van der Waals surface area contributed by atoms with Gasteiger partial charge in [-0.15, -0.1) is 0 Å². The number of nitrogens with one attached hydrogen (secondary N) is 1. The monoisotopic (exact) mass is 415 g/mol. The molecule has 2 aromatic carbocycles. The topological polar surface area (TPSA) is 71.0 Å². The maximum atomic E-state index is 13.0. The second kappa shape index (κ2) is 9.67. The first-order valence-electron chi connectivity index (χ1n) is 9.14. The molecule has 0 aliphatic carbocycles. The van der Waals surface area contributed by atoms with E-state index in [1.165, 1.54) is 36.0 Å². The lowest BCUT2D eigenvalue weighted by atomic mass is 10.2. The van der Waals surface area contributed by atoms with Crippen molar-refractivity contribution in [2.75, 3.05) is 25.6 Å². The first kappa shape index (κ1) is 21.0. The molecule has 0 aromatic heterocycles. The molecule has 152 valence electrons. The van der Waals surface area contributed by atoms with Crippen LogP contribution in [0.4, 0.5) is 15.8 Å². The number of anilines is 1. The number of amides is 2. The van der Waals surface area contributed by atoms with E-state index in [9.17, 15) is 14.0 Å². The van der Waals surface area contributed by atoms with E-state index in [0.29, 0.717) is 24.0 Å². The standard InChI is InChI=1S/C21H22FN3O3S/c1-14-5-3-4-6-17(14)24-21-25(11-12-28-2)20(27)18(29-21)13-19(26)23-16-9-7-15(22)8-10-16/h3-10,18H,11-13H2,1-2H3,(H,23,26)/t18-/m1/s1. The Morgan fingerprint density at radius 2 is 1.97 bits per heavy atom. The van der Waals surface area contributed by atoms with Gasteiger partial charge in [-0.05, 0) is 42.8 Å². The summed E-state index contributed by atoms with van der Waals surface area (Å²) in [4.78, 5) is 31.5. The fourth-order valence-electron chi connectivity index (χ4n) is 2.82. The number of thioether (sulfide) groups is 1. The number of rotatable bonds is 7. The number of nitrogens with zero attached hydrogens (tertiary/aromatic N) is 2. The number of benzene rings is 2. The Bertz CT molecular complexity index is 918. The highest BCUT2D eigenvalue weighted by atomic mass is 32.2. The average molecular weight is 415 g/mol. The number of halogens is 1. The van der Waals surface area contributed by atoms with Crippen LogP contribution < -0.4 is 5.32 Å². The summed E-state index contributed by atoms with van der Waals surface area (Å²) in [5.41, 5.74) is 2.26. The van der Waals surface area contributed by atoms with Crippen LogP contribution >= 0.6 is 11.8 Å². The fourth-order valence-corrected chi connectivity index (χ4v) is 4.00. The number of aliphatic imine (C=N–C) groups is 1. The van der Waals surface area contributed by atoms with Gasteiger partial charge >= 0.3 is 0 Å². The highest BCUT2D eigenvalue weighted by Gasteiger charge is 2.39. The van der Waals surface area contributed by atoms with Crippen LogP contribution in [0.5, 0.6) is 0 Å². The number of para-hydroxylation sites is 1. The maximum Gasteiger partial charge on any atom is 0.242 e. The van der Waals surface area contributed by atoms with Crippen molar-refractivity contribution < 1.29 is 18.7 Å². The summed E-state index contributed by atoms with van der Waals surface area (Å²) in [6.07, 6.45) is -0.00283. The minimum atomic E-state index is -0.574. The predicted octanol–water partition coefficient (Wildman–Crippen LogP) is 3.74. The van der Waals surface area contributed by atoms with E-state index in [2.05, 4.69) is 10.3 Å². The lowest BCUT2D eigenvalue weighted by Crippen LogP contribution is -2.35. The summed E-state index contributed by atoms with van der Waals surface area (Å²) in [7, 11) is 1.57. The summed E-state index contributed by atoms with van der Waals surface area (Å²) >= 11 is 1.27. The Morgan fingerprint density at radius 1 is 1.24 bits per heavy atom. The quantitative estimate of drug-likeness (QED) is 0.748. The molecule has 0 bridgehead atoms. The summed E-state index contributed by atoms with van der Waals surface area (Å²) in [5.74, 6) is -0.865. The molecule has 2 amide bonds. The van der Waals surface area contributed by atoms with E-state index in [0.717, 1.165) is 11.3 Å². The van der Waals surface area contributed by atoms with E-state index in [1.807, 2.05) is 31.2 Å². The third kappa shape index (κ3) is 5.42. The number of aryl methyl sites for hydroxylation is 1. The molecule has 1 fully saturated rings. The molecule has 0 saturated carbocycles. The zero-order chi connectivity index (χ0) is 20.8. The van der Waals surface area contributed by atoms with E-state index in [-0.39, 0.29) is 24.1 Å². The summed E-state index contributed by atoms with van der Waals surface area (Å²) < 4.78 is 18.1. The largest absolute Gasteiger partial charge is 0.383 e. The molecule has 3 rings (SSSR count). The second-order valence-corrected chi connectivity index (χ2v) is 7.70. The molecule has 1 heterocycles. The predicted molar refractivity (Wildman–Crippen MR) is 113 cm³/mol. The zero-order valence-corrected chi connectivity index (χ0v) is 17.0. The van der Waals surface area contributed by atoms with E-state index < -0.39 is 5.25 Å². The van der Waals surface area contributed by atoms with Crippen molar-refractivity contribution in [2.24, 2.45) is 4.99 Å². The van der Waals surface area contributed by atoms with Crippen LogP contribution in [0.2, 0.25) is 0 Å². The van der Waals surface area contributed by atoms with Crippen LogP contribution in [-0.2, 0) is 14.3 Å². The molecule has 1 saturated heterocycles. The van der Waals surface area contributed by atoms with Crippen molar-refractivity contribution in [3.8, 4) is 0 Å². The highest BCUT2D eigenvalue weighted by Crippen LogP contribution is 2.32. The number of ether oxygens (including phenoxy) is 1. The van der Waals surface area contributed by atoms with Crippen molar-refractivity contribution in [1.29, 1.82) is 0 Å². The SMILES string of the molecule is COCCN1C(=O)[C@@H](CC(=O)Nc2ccc(F)cc2)SC1=Nc1ccccc1C. The number of carbonyl (C=O) groups is 2. The Morgan fingerprint density at radius 3 is 2.66 bits per heavy atom. The van der Waals surface area contributed by atoms with Gasteiger partial charge in [0.1, 0.15) is 11.1 Å². The van der Waals surface area contributed by atoms with Crippen molar-refractivity contribution in [2.45, 2.75) is 18.6 Å². The number of methoxy groups -OCH3 is 1. The molecule has 1 N–H and O–H groups in total. The molecule has 2 aromatic rings. The van der Waals surface area contributed by atoms with Gasteiger partial charge in [-0.25, -0.2) is 9.38 Å². The van der Waals surface area contributed by atoms with Crippen LogP contribution in [-0.4, -0.2) is 47.4 Å². The van der Waals surface area contributed by atoms with E-state index in [1.54, 1.807) is 12.0 Å². The van der Waals surface area contributed by atoms with Gasteiger partial charge in [-0.3, -0.25) is 14.5 Å². The zero-order valence-electron chi connectivity index (χ0n) is 16.2. The summed E-state index contributed by atoms with van der Waals surface area (Å²) in [6.45, 7) is 2.69. The Labute approximate surface area is 173 Å². The number of hydrogen-bond donors (Lipinski definition) is 1. The summed E-state index contributed by atoms with van der Waals surface area (Å²) in [5, 5.41) is 2.68. The number of carbonyl (C=O) groups excluding carboxylic acids is 2. The van der Waals surface area contributed by atoms with E-state index >= 15 is 0 Å². The smallest absolute Gasteiger partial charge is 0.242 e. The normalized spacial score (nSPS) is 17.8. The lowest BCUT2D eigenvalue weighted by Gasteiger charge is -2.16. The molecular weight excluding hydrogens is 393 g/mol. The lowest BCUT2D eigenvalue weighted by molar-refractivity contribution is -0.128. The van der Waals surface area contributed by atoms with Gasteiger partial charge in [0.25, 0.3) is 0 Å². The Hall–Kier alpha value is -2.71. The molecule has 8 heteroatoms. The Balaban J connectivity index is 1.74. The van der Waals surface area contributed by atoms with E-state index in [4.69, 9.17) is 4.74 Å². The second-order valence-electron chi connectivity index (χ2n) is 6.53. The van der Waals surface area contributed by atoms with Crippen LogP contribution in [0.15, 0.2) is 53.5 Å². The van der Waals surface area contributed by atoms with Crippen molar-refractivity contribution in [3.63, 3.8) is 0 Å². The molecule has 1 aliphatic rings. The highest BCUT2D eigenvalue weighted by molar-refractivity contribution is 8.15. The maximum absolute atomic E-state index is 13.0. The van der Waals surface area contributed by atoms with Crippen molar-refractivity contribution >= 4 is 40.1 Å².